The van der Waals surface area contributed by atoms with Crippen molar-refractivity contribution in [2.45, 2.75) is 58.2 Å². The summed E-state index contributed by atoms with van der Waals surface area (Å²) in [4.78, 5) is 26.7. The molecule has 2 unspecified atom stereocenters. The molecule has 256 valence electrons. The van der Waals surface area contributed by atoms with Crippen LogP contribution in [0.5, 0.6) is 0 Å². The highest BCUT2D eigenvalue weighted by Crippen LogP contribution is 2.29. The number of aliphatic hydroxyl groups is 1. The summed E-state index contributed by atoms with van der Waals surface area (Å²) in [5, 5.41) is 22.6. The van der Waals surface area contributed by atoms with Gasteiger partial charge in [0.1, 0.15) is 17.3 Å². The van der Waals surface area contributed by atoms with Crippen LogP contribution in [0.3, 0.4) is 0 Å². The zero-order chi connectivity index (χ0) is 34.8. The molecule has 4 aromatic rings. The predicted molar refractivity (Wildman–Crippen MR) is 168 cm³/mol. The zero-order valence-electron chi connectivity index (χ0n) is 26.4. The van der Waals surface area contributed by atoms with Crippen LogP contribution in [-0.2, 0) is 32.2 Å². The first kappa shape index (κ1) is 36.2. The van der Waals surface area contributed by atoms with Gasteiger partial charge in [0.15, 0.2) is 5.69 Å². The van der Waals surface area contributed by atoms with Crippen molar-refractivity contribution in [3.63, 3.8) is 0 Å². The van der Waals surface area contributed by atoms with Crippen molar-refractivity contribution in [3.8, 4) is 0 Å². The number of hydrogen-bond acceptors (Lipinski definition) is 6. The quantitative estimate of drug-likeness (QED) is 0.106. The van der Waals surface area contributed by atoms with Gasteiger partial charge in [-0.1, -0.05) is 55.5 Å². The number of aromatic nitrogens is 2. The number of carbonyl (C=O) groups is 2. The predicted octanol–water partition coefficient (Wildman–Crippen LogP) is 4.86. The van der Waals surface area contributed by atoms with Crippen molar-refractivity contribution >= 4 is 11.8 Å². The van der Waals surface area contributed by atoms with E-state index in [0.29, 0.717) is 24.7 Å². The Morgan fingerprint density at radius 2 is 1.58 bits per heavy atom. The van der Waals surface area contributed by atoms with E-state index < -0.39 is 47.3 Å². The summed E-state index contributed by atoms with van der Waals surface area (Å²) >= 11 is 0. The van der Waals surface area contributed by atoms with E-state index >= 15 is 0 Å². The number of carbonyl (C=O) groups excluding carboxylic acids is 2. The summed E-state index contributed by atoms with van der Waals surface area (Å²) in [7, 11) is 0. The molecule has 0 saturated heterocycles. The van der Waals surface area contributed by atoms with E-state index in [2.05, 4.69) is 21.2 Å². The van der Waals surface area contributed by atoms with Crippen molar-refractivity contribution in [1.82, 2.24) is 30.8 Å². The molecule has 3 aromatic carbocycles. The molecule has 2 atom stereocenters. The molecule has 9 nitrogen and oxygen atoms in total. The lowest BCUT2D eigenvalue weighted by molar-refractivity contribution is -0.137. The molecule has 0 aliphatic rings. The molecule has 0 spiro atoms. The Morgan fingerprint density at radius 1 is 0.896 bits per heavy atom. The van der Waals surface area contributed by atoms with Gasteiger partial charge in [-0.3, -0.25) is 19.7 Å². The third-order valence-electron chi connectivity index (χ3n) is 7.50. The Morgan fingerprint density at radius 3 is 2.23 bits per heavy atom. The summed E-state index contributed by atoms with van der Waals surface area (Å²) in [5.74, 6) is -2.95. The van der Waals surface area contributed by atoms with Gasteiger partial charge in [0.2, 0.25) is 0 Å². The molecule has 14 heteroatoms. The highest BCUT2D eigenvalue weighted by molar-refractivity contribution is 5.97. The van der Waals surface area contributed by atoms with Crippen LogP contribution in [0.15, 0.2) is 78.9 Å². The van der Waals surface area contributed by atoms with Crippen LogP contribution in [0.2, 0.25) is 0 Å². The van der Waals surface area contributed by atoms with E-state index in [9.17, 15) is 36.6 Å². The van der Waals surface area contributed by atoms with Crippen molar-refractivity contribution in [3.05, 3.63) is 124 Å². The summed E-state index contributed by atoms with van der Waals surface area (Å²) in [6, 6.07) is 17.2. The first-order valence-corrected chi connectivity index (χ1v) is 15.3. The van der Waals surface area contributed by atoms with E-state index in [0.717, 1.165) is 29.8 Å². The molecule has 0 fully saturated rings. The molecule has 1 aromatic heterocycles. The van der Waals surface area contributed by atoms with Gasteiger partial charge in [-0.2, -0.15) is 18.3 Å². The molecule has 48 heavy (non-hydrogen) atoms. The van der Waals surface area contributed by atoms with Gasteiger partial charge in [-0.15, -0.1) is 0 Å². The minimum absolute atomic E-state index is 0.0331. The molecule has 0 aliphatic carbocycles. The standard InChI is InChI=1S/C34H37F5N6O3/c1-3-44(21-22-9-6-5-7-10-22)43-33(48)30-18-29(42-45(30)4-2)32(47)41-28(16-24-14-26(35)17-27(36)15-24)31(46)20-40-19-23-11-8-12-25(13-23)34(37,38)39/h5-15,17-18,28,31,40,46H,3-4,16,19-21H2,1-2H3,(H,41,47)(H,43,48). The first-order chi connectivity index (χ1) is 22.9. The fraction of sp³-hybridized carbons (Fsp3) is 0.324. The highest BCUT2D eigenvalue weighted by Gasteiger charge is 2.30. The molecular formula is C34H37F5N6O3. The summed E-state index contributed by atoms with van der Waals surface area (Å²) in [6.45, 7) is 4.60. The number of amides is 2. The Kier molecular flexibility index (Phi) is 12.4. The smallest absolute Gasteiger partial charge is 0.390 e. The van der Waals surface area contributed by atoms with E-state index in [1.807, 2.05) is 37.3 Å². The van der Waals surface area contributed by atoms with Gasteiger partial charge in [0.05, 0.1) is 17.7 Å². The number of rotatable bonds is 15. The minimum atomic E-state index is -4.52. The van der Waals surface area contributed by atoms with Crippen LogP contribution in [0.1, 0.15) is 57.1 Å². The van der Waals surface area contributed by atoms with Gasteiger partial charge >= 0.3 is 6.18 Å². The molecule has 2 amide bonds. The van der Waals surface area contributed by atoms with Crippen LogP contribution >= 0.6 is 0 Å². The summed E-state index contributed by atoms with van der Waals surface area (Å²) in [6.07, 6.45) is -6.06. The molecule has 0 aliphatic heterocycles. The van der Waals surface area contributed by atoms with Gasteiger partial charge in [-0.25, -0.2) is 13.8 Å². The number of hydrogen-bond donors (Lipinski definition) is 4. The number of aryl methyl sites for hydroxylation is 1. The SMILES string of the molecule is CCN(Cc1ccccc1)NC(=O)c1cc(C(=O)NC(Cc2cc(F)cc(F)c2)C(O)CNCc2cccc(C(F)(F)F)c2)nn1CC. The minimum Gasteiger partial charge on any atom is -0.390 e. The number of benzene rings is 3. The lowest BCUT2D eigenvalue weighted by Gasteiger charge is -2.24. The van der Waals surface area contributed by atoms with E-state index in [4.69, 9.17) is 0 Å². The average molecular weight is 673 g/mol. The number of nitrogens with zero attached hydrogens (tertiary/aromatic N) is 3. The Bertz CT molecular complexity index is 1660. The number of aliphatic hydroxyl groups excluding tert-OH is 1. The van der Waals surface area contributed by atoms with Crippen LogP contribution < -0.4 is 16.1 Å². The Balaban J connectivity index is 1.48. The van der Waals surface area contributed by atoms with Crippen LogP contribution in [0.25, 0.3) is 0 Å². The Hall–Kier alpha value is -4.66. The van der Waals surface area contributed by atoms with Crippen molar-refractivity contribution in [1.29, 1.82) is 0 Å². The van der Waals surface area contributed by atoms with Gasteiger partial charge < -0.3 is 15.7 Å². The van der Waals surface area contributed by atoms with Crippen molar-refractivity contribution in [2.24, 2.45) is 0 Å². The van der Waals surface area contributed by atoms with E-state index in [-0.39, 0.29) is 43.0 Å². The highest BCUT2D eigenvalue weighted by atomic mass is 19.4. The van der Waals surface area contributed by atoms with Crippen LogP contribution in [0.4, 0.5) is 22.0 Å². The third-order valence-corrected chi connectivity index (χ3v) is 7.50. The lowest BCUT2D eigenvalue weighted by Crippen LogP contribution is -2.48. The summed E-state index contributed by atoms with van der Waals surface area (Å²) in [5.41, 5.74) is 3.43. The van der Waals surface area contributed by atoms with E-state index in [1.54, 1.807) is 11.9 Å². The normalized spacial score (nSPS) is 12.9. The zero-order valence-corrected chi connectivity index (χ0v) is 26.4. The number of alkyl halides is 3. The van der Waals surface area contributed by atoms with Gasteiger partial charge in [0, 0.05) is 44.9 Å². The lowest BCUT2D eigenvalue weighted by atomic mass is 10.00. The average Bonchev–Trinajstić information content (AvgIpc) is 3.49. The molecule has 0 saturated carbocycles. The maximum Gasteiger partial charge on any atom is 0.416 e. The molecule has 4 rings (SSSR count). The molecule has 0 radical (unpaired) electrons. The van der Waals surface area contributed by atoms with Crippen molar-refractivity contribution < 1.29 is 36.6 Å². The molecule has 1 heterocycles. The third kappa shape index (κ3) is 10.2. The van der Waals surface area contributed by atoms with E-state index in [1.165, 1.54) is 22.9 Å². The molecule has 0 bridgehead atoms. The Labute approximate surface area is 274 Å². The van der Waals surface area contributed by atoms with Gasteiger partial charge in [0.25, 0.3) is 11.8 Å². The second-order valence-electron chi connectivity index (χ2n) is 11.1. The monoisotopic (exact) mass is 672 g/mol. The molecule has 4 N–H and O–H groups in total. The fourth-order valence-electron chi connectivity index (χ4n) is 5.06. The number of nitrogens with one attached hydrogen (secondary N) is 3. The molecular weight excluding hydrogens is 635 g/mol. The van der Waals surface area contributed by atoms with Crippen molar-refractivity contribution in [2.75, 3.05) is 13.1 Å². The first-order valence-electron chi connectivity index (χ1n) is 15.3. The second kappa shape index (κ2) is 16.4. The summed E-state index contributed by atoms with van der Waals surface area (Å²) < 4.78 is 68.6. The topological polar surface area (TPSA) is 112 Å². The number of halogens is 5. The fourth-order valence-corrected chi connectivity index (χ4v) is 5.06. The van der Waals surface area contributed by atoms with Crippen LogP contribution in [0, 0.1) is 11.6 Å². The second-order valence-corrected chi connectivity index (χ2v) is 11.1. The van der Waals surface area contributed by atoms with Crippen LogP contribution in [-0.4, -0.2) is 56.9 Å². The largest absolute Gasteiger partial charge is 0.416 e. The number of hydrazine groups is 1. The maximum atomic E-state index is 14.0. The van der Waals surface area contributed by atoms with Gasteiger partial charge in [-0.05, 0) is 48.2 Å². The maximum absolute atomic E-state index is 14.0.